The van der Waals surface area contributed by atoms with E-state index in [1.807, 2.05) is 0 Å². The van der Waals surface area contributed by atoms with Crippen LogP contribution < -0.4 is 0 Å². The predicted molar refractivity (Wildman–Crippen MR) is 56.2 cm³/mol. The molecule has 1 aliphatic carbocycles. The third-order valence-corrected chi connectivity index (χ3v) is 2.73. The van der Waals surface area contributed by atoms with Crippen molar-refractivity contribution in [2.75, 3.05) is 19.6 Å². The molecule has 1 N–H and O–H groups in total. The van der Waals surface area contributed by atoms with Crippen LogP contribution in [0.4, 0.5) is 0 Å². The zero-order chi connectivity index (χ0) is 10.6. The standard InChI is InChI=1S/C11H19NO2/c1-3-12(4-2)8-9-5-10(13)7-11(14)6-9/h7,9,13H,3-6,8H2,1-2H3. The molecule has 1 atom stereocenters. The number of rotatable bonds is 4. The van der Waals surface area contributed by atoms with E-state index in [0.29, 0.717) is 18.8 Å². The number of carbonyl (C=O) groups is 1. The molecule has 80 valence electrons. The summed E-state index contributed by atoms with van der Waals surface area (Å²) in [6, 6.07) is 0. The molecule has 0 saturated carbocycles. The highest BCUT2D eigenvalue weighted by atomic mass is 16.3. The molecule has 0 spiro atoms. The van der Waals surface area contributed by atoms with Crippen molar-refractivity contribution in [3.63, 3.8) is 0 Å². The summed E-state index contributed by atoms with van der Waals surface area (Å²) in [5.41, 5.74) is 0. The van der Waals surface area contributed by atoms with Gasteiger partial charge >= 0.3 is 0 Å². The molecule has 1 unspecified atom stereocenters. The number of carbonyl (C=O) groups excluding carboxylic acids is 1. The monoisotopic (exact) mass is 197 g/mol. The summed E-state index contributed by atoms with van der Waals surface area (Å²) in [7, 11) is 0. The van der Waals surface area contributed by atoms with Gasteiger partial charge in [0.25, 0.3) is 0 Å². The molecule has 1 rings (SSSR count). The van der Waals surface area contributed by atoms with Crippen LogP contribution in [0.1, 0.15) is 26.7 Å². The summed E-state index contributed by atoms with van der Waals surface area (Å²) in [6.45, 7) is 7.15. The molecule has 3 heteroatoms. The molecule has 0 amide bonds. The van der Waals surface area contributed by atoms with Crippen molar-refractivity contribution in [1.82, 2.24) is 4.90 Å². The molecule has 1 aliphatic rings. The second kappa shape index (κ2) is 5.15. The molecular formula is C11H19NO2. The smallest absolute Gasteiger partial charge is 0.159 e. The first kappa shape index (κ1) is 11.2. The van der Waals surface area contributed by atoms with Crippen LogP contribution >= 0.6 is 0 Å². The van der Waals surface area contributed by atoms with Crippen LogP contribution in [0.5, 0.6) is 0 Å². The molecule has 0 radical (unpaired) electrons. The van der Waals surface area contributed by atoms with Crippen molar-refractivity contribution in [3.05, 3.63) is 11.8 Å². The van der Waals surface area contributed by atoms with E-state index in [0.717, 1.165) is 19.6 Å². The summed E-state index contributed by atoms with van der Waals surface area (Å²) in [5.74, 6) is 0.608. The van der Waals surface area contributed by atoms with Gasteiger partial charge in [-0.15, -0.1) is 0 Å². The zero-order valence-electron chi connectivity index (χ0n) is 8.99. The lowest BCUT2D eigenvalue weighted by atomic mass is 9.92. The van der Waals surface area contributed by atoms with Gasteiger partial charge < -0.3 is 10.0 Å². The summed E-state index contributed by atoms with van der Waals surface area (Å²) >= 11 is 0. The minimum absolute atomic E-state index is 0.0610. The number of aliphatic hydroxyl groups is 1. The molecule has 0 bridgehead atoms. The normalized spacial score (nSPS) is 22.6. The van der Waals surface area contributed by atoms with E-state index in [2.05, 4.69) is 18.7 Å². The van der Waals surface area contributed by atoms with Crippen LogP contribution in [-0.4, -0.2) is 35.4 Å². The number of ketones is 1. The minimum atomic E-state index is 0.0610. The highest BCUT2D eigenvalue weighted by molar-refractivity contribution is 5.91. The average Bonchev–Trinajstić information content (AvgIpc) is 2.12. The van der Waals surface area contributed by atoms with Gasteiger partial charge in [-0.1, -0.05) is 13.8 Å². The van der Waals surface area contributed by atoms with Crippen molar-refractivity contribution in [1.29, 1.82) is 0 Å². The second-order valence-corrected chi connectivity index (χ2v) is 3.86. The maximum atomic E-state index is 11.2. The third-order valence-electron chi connectivity index (χ3n) is 2.73. The SMILES string of the molecule is CCN(CC)CC1CC(=O)C=C(O)C1. The van der Waals surface area contributed by atoms with E-state index < -0.39 is 0 Å². The number of allylic oxidation sites excluding steroid dienone is 2. The van der Waals surface area contributed by atoms with E-state index in [4.69, 9.17) is 0 Å². The Bertz CT molecular complexity index is 231. The van der Waals surface area contributed by atoms with E-state index >= 15 is 0 Å². The Balaban J connectivity index is 2.47. The van der Waals surface area contributed by atoms with Crippen molar-refractivity contribution in [3.8, 4) is 0 Å². The zero-order valence-corrected chi connectivity index (χ0v) is 8.99. The van der Waals surface area contributed by atoms with Crippen molar-refractivity contribution in [2.24, 2.45) is 5.92 Å². The van der Waals surface area contributed by atoms with Crippen LogP contribution in [0.25, 0.3) is 0 Å². The van der Waals surface area contributed by atoms with E-state index in [-0.39, 0.29) is 11.5 Å². The maximum absolute atomic E-state index is 11.2. The molecule has 0 aromatic carbocycles. The van der Waals surface area contributed by atoms with Gasteiger partial charge in [0.05, 0.1) is 5.76 Å². The van der Waals surface area contributed by atoms with Gasteiger partial charge in [-0.05, 0) is 19.0 Å². The van der Waals surface area contributed by atoms with Gasteiger partial charge in [0.1, 0.15) is 0 Å². The Morgan fingerprint density at radius 1 is 1.43 bits per heavy atom. The second-order valence-electron chi connectivity index (χ2n) is 3.86. The minimum Gasteiger partial charge on any atom is -0.512 e. The molecule has 14 heavy (non-hydrogen) atoms. The highest BCUT2D eigenvalue weighted by Crippen LogP contribution is 2.21. The Morgan fingerprint density at radius 2 is 2.07 bits per heavy atom. The Labute approximate surface area is 85.4 Å². The lowest BCUT2D eigenvalue weighted by Gasteiger charge is -2.26. The highest BCUT2D eigenvalue weighted by Gasteiger charge is 2.21. The summed E-state index contributed by atoms with van der Waals surface area (Å²) < 4.78 is 0. The molecule has 0 aromatic rings. The first-order valence-corrected chi connectivity index (χ1v) is 5.30. The third kappa shape index (κ3) is 3.14. The quantitative estimate of drug-likeness (QED) is 0.746. The summed E-state index contributed by atoms with van der Waals surface area (Å²) in [5, 5.41) is 9.33. The molecular weight excluding hydrogens is 178 g/mol. The van der Waals surface area contributed by atoms with Gasteiger partial charge in [0, 0.05) is 25.5 Å². The Kier molecular flexibility index (Phi) is 4.14. The number of nitrogens with zero attached hydrogens (tertiary/aromatic N) is 1. The summed E-state index contributed by atoms with van der Waals surface area (Å²) in [6.07, 6.45) is 2.60. The van der Waals surface area contributed by atoms with Crippen LogP contribution in [0.3, 0.4) is 0 Å². The fourth-order valence-electron chi connectivity index (χ4n) is 1.93. The Morgan fingerprint density at radius 3 is 2.57 bits per heavy atom. The molecule has 0 saturated heterocycles. The van der Waals surface area contributed by atoms with Gasteiger partial charge in [-0.25, -0.2) is 0 Å². The Hall–Kier alpha value is -0.830. The fourth-order valence-corrected chi connectivity index (χ4v) is 1.93. The van der Waals surface area contributed by atoms with Gasteiger partial charge in [-0.2, -0.15) is 0 Å². The lowest BCUT2D eigenvalue weighted by molar-refractivity contribution is -0.116. The average molecular weight is 197 g/mol. The summed E-state index contributed by atoms with van der Waals surface area (Å²) in [4.78, 5) is 13.5. The van der Waals surface area contributed by atoms with Crippen molar-refractivity contribution < 1.29 is 9.90 Å². The van der Waals surface area contributed by atoms with Gasteiger partial charge in [-0.3, -0.25) is 4.79 Å². The van der Waals surface area contributed by atoms with Crippen LogP contribution in [-0.2, 0) is 4.79 Å². The molecule has 0 fully saturated rings. The van der Waals surface area contributed by atoms with Gasteiger partial charge in [0.2, 0.25) is 0 Å². The first-order valence-electron chi connectivity index (χ1n) is 5.30. The fraction of sp³-hybridized carbons (Fsp3) is 0.727. The van der Waals surface area contributed by atoms with E-state index in [1.54, 1.807) is 0 Å². The van der Waals surface area contributed by atoms with Crippen LogP contribution in [0, 0.1) is 5.92 Å². The largest absolute Gasteiger partial charge is 0.512 e. The molecule has 3 nitrogen and oxygen atoms in total. The molecule has 0 aliphatic heterocycles. The predicted octanol–water partition coefficient (Wildman–Crippen LogP) is 1.75. The van der Waals surface area contributed by atoms with Gasteiger partial charge in [0.15, 0.2) is 5.78 Å². The van der Waals surface area contributed by atoms with Crippen LogP contribution in [0.15, 0.2) is 11.8 Å². The molecule has 0 aromatic heterocycles. The maximum Gasteiger partial charge on any atom is 0.159 e. The number of hydrogen-bond donors (Lipinski definition) is 1. The van der Waals surface area contributed by atoms with E-state index in [9.17, 15) is 9.90 Å². The first-order chi connectivity index (χ1) is 6.65. The number of hydrogen-bond acceptors (Lipinski definition) is 3. The van der Waals surface area contributed by atoms with Crippen LogP contribution in [0.2, 0.25) is 0 Å². The molecule has 0 heterocycles. The lowest BCUT2D eigenvalue weighted by Crippen LogP contribution is -2.31. The topological polar surface area (TPSA) is 40.5 Å². The van der Waals surface area contributed by atoms with Crippen molar-refractivity contribution in [2.45, 2.75) is 26.7 Å². The van der Waals surface area contributed by atoms with Crippen molar-refractivity contribution >= 4 is 5.78 Å². The number of aliphatic hydroxyl groups excluding tert-OH is 1. The van der Waals surface area contributed by atoms with E-state index in [1.165, 1.54) is 6.08 Å².